The van der Waals surface area contributed by atoms with Crippen molar-refractivity contribution in [2.45, 2.75) is 6.42 Å². The molecule has 27 heavy (non-hydrogen) atoms. The molecule has 0 aliphatic rings. The van der Waals surface area contributed by atoms with Crippen LogP contribution in [-0.4, -0.2) is 25.1 Å². The van der Waals surface area contributed by atoms with Gasteiger partial charge in [0.1, 0.15) is 5.01 Å². The molecule has 0 aliphatic heterocycles. The molecule has 0 saturated heterocycles. The number of anilines is 1. The van der Waals surface area contributed by atoms with Gasteiger partial charge in [-0.2, -0.15) is 0 Å². The van der Waals surface area contributed by atoms with E-state index in [2.05, 4.69) is 10.3 Å². The van der Waals surface area contributed by atoms with Crippen molar-refractivity contribution in [3.8, 4) is 22.1 Å². The number of aromatic nitrogens is 1. The highest BCUT2D eigenvalue weighted by molar-refractivity contribution is 7.13. The van der Waals surface area contributed by atoms with E-state index in [1.54, 1.807) is 31.7 Å². The van der Waals surface area contributed by atoms with E-state index in [-0.39, 0.29) is 23.0 Å². The molecule has 0 saturated carbocycles. The molecule has 1 amide bonds. The third-order valence-electron chi connectivity index (χ3n) is 3.75. The van der Waals surface area contributed by atoms with E-state index in [4.69, 9.17) is 21.1 Å². The Morgan fingerprint density at radius 2 is 2.00 bits per heavy atom. The standard InChI is InChI=1S/C19H16ClFN2O3S/c1-25-15-7-6-11(8-16(15)26-2)19-22-12(10-27-19)9-17(24)23-14-5-3-4-13(20)18(14)21/h3-8,10H,9H2,1-2H3,(H,23,24). The van der Waals surface area contributed by atoms with Crippen molar-refractivity contribution in [3.63, 3.8) is 0 Å². The maximum absolute atomic E-state index is 13.9. The van der Waals surface area contributed by atoms with Crippen LogP contribution in [0, 0.1) is 5.82 Å². The molecule has 2 aromatic carbocycles. The van der Waals surface area contributed by atoms with E-state index >= 15 is 0 Å². The van der Waals surface area contributed by atoms with Gasteiger partial charge in [0.05, 0.1) is 37.0 Å². The maximum atomic E-state index is 13.9. The third-order valence-corrected chi connectivity index (χ3v) is 4.98. The summed E-state index contributed by atoms with van der Waals surface area (Å²) in [7, 11) is 3.13. The number of ether oxygens (including phenoxy) is 2. The average Bonchev–Trinajstić information content (AvgIpc) is 3.13. The molecule has 0 radical (unpaired) electrons. The molecule has 8 heteroatoms. The molecule has 5 nitrogen and oxygen atoms in total. The second kappa shape index (κ2) is 8.37. The van der Waals surface area contributed by atoms with Crippen LogP contribution in [0.1, 0.15) is 5.69 Å². The van der Waals surface area contributed by atoms with Crippen LogP contribution in [0.4, 0.5) is 10.1 Å². The van der Waals surface area contributed by atoms with E-state index in [1.165, 1.54) is 23.5 Å². The van der Waals surface area contributed by atoms with E-state index in [9.17, 15) is 9.18 Å². The topological polar surface area (TPSA) is 60.5 Å². The zero-order valence-electron chi connectivity index (χ0n) is 14.6. The summed E-state index contributed by atoms with van der Waals surface area (Å²) in [6.45, 7) is 0. The molecule has 3 rings (SSSR count). The smallest absolute Gasteiger partial charge is 0.230 e. The highest BCUT2D eigenvalue weighted by Gasteiger charge is 2.14. The van der Waals surface area contributed by atoms with Crippen molar-refractivity contribution < 1.29 is 18.7 Å². The lowest BCUT2D eigenvalue weighted by atomic mass is 10.2. The van der Waals surface area contributed by atoms with Gasteiger partial charge in [-0.05, 0) is 30.3 Å². The summed E-state index contributed by atoms with van der Waals surface area (Å²) in [5.41, 5.74) is 1.48. The number of thiazole rings is 1. The molecule has 0 atom stereocenters. The number of benzene rings is 2. The molecule has 140 valence electrons. The Balaban J connectivity index is 1.72. The number of methoxy groups -OCH3 is 2. The van der Waals surface area contributed by atoms with Crippen molar-refractivity contribution in [2.24, 2.45) is 0 Å². The fraction of sp³-hybridized carbons (Fsp3) is 0.158. The number of halogens is 2. The van der Waals surface area contributed by atoms with Gasteiger partial charge in [0.2, 0.25) is 5.91 Å². The summed E-state index contributed by atoms with van der Waals surface area (Å²) in [6, 6.07) is 9.93. The second-order valence-electron chi connectivity index (χ2n) is 5.54. The number of rotatable bonds is 6. The Morgan fingerprint density at radius 3 is 2.74 bits per heavy atom. The molecule has 3 aromatic rings. The lowest BCUT2D eigenvalue weighted by Crippen LogP contribution is -2.15. The molecule has 1 N–H and O–H groups in total. The minimum absolute atomic E-state index is 0.0236. The van der Waals surface area contributed by atoms with Crippen LogP contribution >= 0.6 is 22.9 Å². The Hall–Kier alpha value is -2.64. The summed E-state index contributed by atoms with van der Waals surface area (Å²) < 4.78 is 24.4. The number of amides is 1. The fourth-order valence-corrected chi connectivity index (χ4v) is 3.44. The number of carbonyl (C=O) groups is 1. The van der Waals surface area contributed by atoms with Gasteiger partial charge in [-0.25, -0.2) is 9.37 Å². The van der Waals surface area contributed by atoms with E-state index in [1.807, 2.05) is 12.1 Å². The highest BCUT2D eigenvalue weighted by Crippen LogP contribution is 2.33. The molecule has 0 aliphatic carbocycles. The second-order valence-corrected chi connectivity index (χ2v) is 6.81. The number of nitrogens with one attached hydrogen (secondary N) is 1. The molecule has 0 spiro atoms. The van der Waals surface area contributed by atoms with Crippen molar-refractivity contribution in [1.82, 2.24) is 4.98 Å². The Morgan fingerprint density at radius 1 is 1.22 bits per heavy atom. The molecule has 0 bridgehead atoms. The minimum atomic E-state index is -0.656. The summed E-state index contributed by atoms with van der Waals surface area (Å²) in [5.74, 6) is 0.194. The first-order valence-electron chi connectivity index (χ1n) is 7.92. The van der Waals surface area contributed by atoms with Gasteiger partial charge in [-0.3, -0.25) is 4.79 Å². The van der Waals surface area contributed by atoms with Crippen LogP contribution in [0.5, 0.6) is 11.5 Å². The predicted octanol–water partition coefficient (Wildman–Crippen LogP) is 4.80. The largest absolute Gasteiger partial charge is 0.493 e. The summed E-state index contributed by atoms with van der Waals surface area (Å²) in [4.78, 5) is 16.7. The normalized spacial score (nSPS) is 10.5. The van der Waals surface area contributed by atoms with Gasteiger partial charge in [-0.1, -0.05) is 17.7 Å². The van der Waals surface area contributed by atoms with Crippen LogP contribution in [0.15, 0.2) is 41.8 Å². The Kier molecular flexibility index (Phi) is 5.93. The number of nitrogens with zero attached hydrogens (tertiary/aromatic N) is 1. The Labute approximate surface area is 164 Å². The number of carbonyl (C=O) groups excluding carboxylic acids is 1. The van der Waals surface area contributed by atoms with Crippen LogP contribution in [0.2, 0.25) is 5.02 Å². The van der Waals surface area contributed by atoms with Gasteiger partial charge in [0.15, 0.2) is 17.3 Å². The summed E-state index contributed by atoms with van der Waals surface area (Å²) >= 11 is 7.13. The first-order chi connectivity index (χ1) is 13.0. The van der Waals surface area contributed by atoms with Gasteiger partial charge < -0.3 is 14.8 Å². The summed E-state index contributed by atoms with van der Waals surface area (Å²) in [5, 5.41) is 5.00. The zero-order chi connectivity index (χ0) is 19.4. The maximum Gasteiger partial charge on any atom is 0.230 e. The quantitative estimate of drug-likeness (QED) is 0.638. The van der Waals surface area contributed by atoms with E-state index < -0.39 is 5.82 Å². The average molecular weight is 407 g/mol. The van der Waals surface area contributed by atoms with Gasteiger partial charge in [0.25, 0.3) is 0 Å². The molecule has 1 heterocycles. The number of hydrogen-bond acceptors (Lipinski definition) is 5. The Bertz CT molecular complexity index is 977. The van der Waals surface area contributed by atoms with E-state index in [0.717, 1.165) is 10.6 Å². The monoisotopic (exact) mass is 406 g/mol. The highest BCUT2D eigenvalue weighted by atomic mass is 35.5. The van der Waals surface area contributed by atoms with E-state index in [0.29, 0.717) is 17.2 Å². The van der Waals surface area contributed by atoms with Gasteiger partial charge >= 0.3 is 0 Å². The van der Waals surface area contributed by atoms with Gasteiger partial charge in [-0.15, -0.1) is 11.3 Å². The van der Waals surface area contributed by atoms with Crippen LogP contribution in [0.3, 0.4) is 0 Å². The first-order valence-corrected chi connectivity index (χ1v) is 9.18. The number of hydrogen-bond donors (Lipinski definition) is 1. The zero-order valence-corrected chi connectivity index (χ0v) is 16.2. The van der Waals surface area contributed by atoms with Crippen molar-refractivity contribution in [2.75, 3.05) is 19.5 Å². The molecule has 0 unspecified atom stereocenters. The predicted molar refractivity (Wildman–Crippen MR) is 104 cm³/mol. The minimum Gasteiger partial charge on any atom is -0.493 e. The van der Waals surface area contributed by atoms with Crippen molar-refractivity contribution in [3.05, 3.63) is 58.3 Å². The van der Waals surface area contributed by atoms with Crippen LogP contribution < -0.4 is 14.8 Å². The fourth-order valence-electron chi connectivity index (χ4n) is 2.45. The molecular weight excluding hydrogens is 391 g/mol. The lowest BCUT2D eigenvalue weighted by molar-refractivity contribution is -0.115. The molecular formula is C19H16ClFN2O3S. The third kappa shape index (κ3) is 4.37. The first kappa shape index (κ1) is 19.1. The van der Waals surface area contributed by atoms with Crippen LogP contribution in [0.25, 0.3) is 10.6 Å². The lowest BCUT2D eigenvalue weighted by Gasteiger charge is -2.08. The van der Waals surface area contributed by atoms with Crippen LogP contribution in [-0.2, 0) is 11.2 Å². The van der Waals surface area contributed by atoms with Crippen molar-refractivity contribution in [1.29, 1.82) is 0 Å². The SMILES string of the molecule is COc1ccc(-c2nc(CC(=O)Nc3cccc(Cl)c3F)cs2)cc1OC. The van der Waals surface area contributed by atoms with Gasteiger partial charge in [0, 0.05) is 10.9 Å². The molecule has 0 fully saturated rings. The van der Waals surface area contributed by atoms with Crippen molar-refractivity contribution >= 4 is 34.5 Å². The molecule has 1 aromatic heterocycles. The summed E-state index contributed by atoms with van der Waals surface area (Å²) in [6.07, 6.45) is 0.0236.